The van der Waals surface area contributed by atoms with Gasteiger partial charge in [-0.2, -0.15) is 13.1 Å². The summed E-state index contributed by atoms with van der Waals surface area (Å²) in [4.78, 5) is 0. The molecule has 0 heterocycles. The summed E-state index contributed by atoms with van der Waals surface area (Å²) >= 11 is 0. The van der Waals surface area contributed by atoms with Crippen LogP contribution in [-0.4, -0.2) is 22.6 Å². The van der Waals surface area contributed by atoms with Gasteiger partial charge >= 0.3 is 0 Å². The van der Waals surface area contributed by atoms with Crippen LogP contribution in [0.1, 0.15) is 23.6 Å². The van der Waals surface area contributed by atoms with Crippen LogP contribution >= 0.6 is 0 Å². The zero-order valence-electron chi connectivity index (χ0n) is 10.3. The Morgan fingerprint density at radius 1 is 1.28 bits per heavy atom. The third-order valence-electron chi connectivity index (χ3n) is 3.03. The highest BCUT2D eigenvalue weighted by Gasteiger charge is 2.27. The summed E-state index contributed by atoms with van der Waals surface area (Å²) in [5.41, 5.74) is 1.94. The second kappa shape index (κ2) is 4.75. The van der Waals surface area contributed by atoms with Crippen molar-refractivity contribution in [2.45, 2.75) is 18.9 Å². The van der Waals surface area contributed by atoms with E-state index in [2.05, 4.69) is 4.72 Å². The van der Waals surface area contributed by atoms with Gasteiger partial charge in [0.05, 0.1) is 14.2 Å². The second-order valence-corrected chi connectivity index (χ2v) is 5.49. The van der Waals surface area contributed by atoms with Crippen molar-refractivity contribution in [3.63, 3.8) is 0 Å². The number of nitrogens with one attached hydrogen (secondary N) is 1. The SMILES string of the molecule is COc1cc2c(cc1OC)C(NS(N)(=O)=O)CC2. The normalized spacial score (nSPS) is 18.5. The quantitative estimate of drug-likeness (QED) is 0.834. The van der Waals surface area contributed by atoms with Gasteiger partial charge in [0.15, 0.2) is 11.5 Å². The number of hydrogen-bond acceptors (Lipinski definition) is 4. The predicted octanol–water partition coefficient (Wildman–Crippen LogP) is 0.484. The van der Waals surface area contributed by atoms with Crippen molar-refractivity contribution < 1.29 is 17.9 Å². The number of nitrogens with two attached hydrogens (primary N) is 1. The summed E-state index contributed by atoms with van der Waals surface area (Å²) < 4.78 is 35.0. The lowest BCUT2D eigenvalue weighted by atomic mass is 10.1. The zero-order valence-corrected chi connectivity index (χ0v) is 11.1. The molecule has 18 heavy (non-hydrogen) atoms. The maximum Gasteiger partial charge on any atom is 0.274 e. The second-order valence-electron chi connectivity index (χ2n) is 4.16. The Bertz CT molecular complexity index is 556. The van der Waals surface area contributed by atoms with Crippen LogP contribution in [-0.2, 0) is 16.6 Å². The first-order chi connectivity index (χ1) is 8.44. The van der Waals surface area contributed by atoms with Crippen LogP contribution in [0, 0.1) is 0 Å². The molecule has 0 aliphatic heterocycles. The Morgan fingerprint density at radius 3 is 2.44 bits per heavy atom. The lowest BCUT2D eigenvalue weighted by Gasteiger charge is -2.14. The topological polar surface area (TPSA) is 90.7 Å². The van der Waals surface area contributed by atoms with E-state index in [0.29, 0.717) is 17.9 Å². The van der Waals surface area contributed by atoms with Crippen molar-refractivity contribution >= 4 is 10.2 Å². The summed E-state index contributed by atoms with van der Waals surface area (Å²) in [5, 5.41) is 5.00. The molecule has 1 unspecified atom stereocenters. The van der Waals surface area contributed by atoms with Crippen LogP contribution in [0.15, 0.2) is 12.1 Å². The van der Waals surface area contributed by atoms with Gasteiger partial charge in [-0.3, -0.25) is 0 Å². The molecule has 7 heteroatoms. The van der Waals surface area contributed by atoms with Gasteiger partial charge in [0.25, 0.3) is 10.2 Å². The molecule has 100 valence electrons. The summed E-state index contributed by atoms with van der Waals surface area (Å²) in [5.74, 6) is 1.23. The smallest absolute Gasteiger partial charge is 0.274 e. The van der Waals surface area contributed by atoms with E-state index in [-0.39, 0.29) is 6.04 Å². The van der Waals surface area contributed by atoms with Crippen LogP contribution in [0.2, 0.25) is 0 Å². The van der Waals surface area contributed by atoms with Crippen molar-refractivity contribution in [1.82, 2.24) is 4.72 Å². The van der Waals surface area contributed by atoms with Crippen molar-refractivity contribution in [3.8, 4) is 11.5 Å². The third-order valence-corrected chi connectivity index (χ3v) is 3.64. The summed E-state index contributed by atoms with van der Waals surface area (Å²) in [6.07, 6.45) is 1.46. The Kier molecular flexibility index (Phi) is 3.47. The molecule has 0 aromatic heterocycles. The maximum atomic E-state index is 11.1. The van der Waals surface area contributed by atoms with E-state index >= 15 is 0 Å². The van der Waals surface area contributed by atoms with Crippen molar-refractivity contribution in [1.29, 1.82) is 0 Å². The first-order valence-electron chi connectivity index (χ1n) is 5.49. The molecule has 2 rings (SSSR count). The summed E-state index contributed by atoms with van der Waals surface area (Å²) in [6.45, 7) is 0. The Hall–Kier alpha value is -1.31. The highest BCUT2D eigenvalue weighted by Crippen LogP contribution is 2.39. The highest BCUT2D eigenvalue weighted by atomic mass is 32.2. The van der Waals surface area contributed by atoms with Gasteiger partial charge in [-0.1, -0.05) is 0 Å². The molecule has 0 amide bonds. The fraction of sp³-hybridized carbons (Fsp3) is 0.455. The number of methoxy groups -OCH3 is 2. The Labute approximate surface area is 106 Å². The molecule has 1 aliphatic carbocycles. The van der Waals surface area contributed by atoms with E-state index in [1.165, 1.54) is 0 Å². The van der Waals surface area contributed by atoms with Crippen LogP contribution in [0.3, 0.4) is 0 Å². The molecule has 1 aromatic carbocycles. The van der Waals surface area contributed by atoms with Gasteiger partial charge < -0.3 is 9.47 Å². The number of rotatable bonds is 4. The molecule has 0 spiro atoms. The highest BCUT2D eigenvalue weighted by molar-refractivity contribution is 7.87. The zero-order chi connectivity index (χ0) is 13.3. The number of hydrogen-bond donors (Lipinski definition) is 2. The minimum absolute atomic E-state index is 0.296. The van der Waals surface area contributed by atoms with Gasteiger partial charge in [-0.25, -0.2) is 5.14 Å². The fourth-order valence-corrected chi connectivity index (χ4v) is 2.90. The largest absolute Gasteiger partial charge is 0.493 e. The third kappa shape index (κ3) is 2.58. The van der Waals surface area contributed by atoms with Crippen LogP contribution in [0.25, 0.3) is 0 Å². The fourth-order valence-electron chi connectivity index (χ4n) is 2.25. The standard InChI is InChI=1S/C11H16N2O4S/c1-16-10-5-7-3-4-9(13-18(12,14)15)8(7)6-11(10)17-2/h5-6,9,13H,3-4H2,1-2H3,(H2,12,14,15). The van der Waals surface area contributed by atoms with E-state index < -0.39 is 10.2 Å². The molecule has 1 aliphatic rings. The van der Waals surface area contributed by atoms with Crippen molar-refractivity contribution in [2.24, 2.45) is 5.14 Å². The molecular weight excluding hydrogens is 256 g/mol. The molecular formula is C11H16N2O4S. The van der Waals surface area contributed by atoms with E-state index in [1.807, 2.05) is 6.07 Å². The van der Waals surface area contributed by atoms with Gasteiger partial charge in [0.1, 0.15) is 0 Å². The van der Waals surface area contributed by atoms with Gasteiger partial charge in [-0.05, 0) is 36.1 Å². The number of ether oxygens (including phenoxy) is 2. The summed E-state index contributed by atoms with van der Waals surface area (Å²) in [7, 11) is -0.596. The molecule has 0 radical (unpaired) electrons. The van der Waals surface area contributed by atoms with Crippen LogP contribution < -0.4 is 19.3 Å². The predicted molar refractivity (Wildman–Crippen MR) is 66.9 cm³/mol. The Morgan fingerprint density at radius 2 is 1.89 bits per heavy atom. The average molecular weight is 272 g/mol. The van der Waals surface area contributed by atoms with E-state index in [1.54, 1.807) is 20.3 Å². The first kappa shape index (κ1) is 13.1. The lowest BCUT2D eigenvalue weighted by molar-refractivity contribution is 0.354. The number of fused-ring (bicyclic) bond motifs is 1. The van der Waals surface area contributed by atoms with E-state index in [4.69, 9.17) is 14.6 Å². The molecule has 1 atom stereocenters. The summed E-state index contributed by atoms with van der Waals surface area (Å²) in [6, 6.07) is 3.37. The van der Waals surface area contributed by atoms with E-state index in [0.717, 1.165) is 17.5 Å². The number of aryl methyl sites for hydroxylation is 1. The molecule has 0 fully saturated rings. The van der Waals surface area contributed by atoms with Crippen LogP contribution in [0.4, 0.5) is 0 Å². The minimum Gasteiger partial charge on any atom is -0.493 e. The average Bonchev–Trinajstić information content (AvgIpc) is 2.67. The van der Waals surface area contributed by atoms with Crippen molar-refractivity contribution in [2.75, 3.05) is 14.2 Å². The number of benzene rings is 1. The molecule has 0 bridgehead atoms. The monoisotopic (exact) mass is 272 g/mol. The van der Waals surface area contributed by atoms with Gasteiger partial charge in [0, 0.05) is 6.04 Å². The van der Waals surface area contributed by atoms with Crippen molar-refractivity contribution in [3.05, 3.63) is 23.3 Å². The van der Waals surface area contributed by atoms with E-state index in [9.17, 15) is 8.42 Å². The molecule has 0 saturated carbocycles. The van der Waals surface area contributed by atoms with Gasteiger partial charge in [0.2, 0.25) is 0 Å². The first-order valence-corrected chi connectivity index (χ1v) is 7.04. The van der Waals surface area contributed by atoms with Gasteiger partial charge in [-0.15, -0.1) is 0 Å². The molecule has 0 saturated heterocycles. The van der Waals surface area contributed by atoms with Crippen LogP contribution in [0.5, 0.6) is 11.5 Å². The molecule has 1 aromatic rings. The minimum atomic E-state index is -3.71. The lowest BCUT2D eigenvalue weighted by Crippen LogP contribution is -2.33. The molecule has 3 N–H and O–H groups in total. The Balaban J connectivity index is 2.38. The molecule has 6 nitrogen and oxygen atoms in total. The maximum absolute atomic E-state index is 11.1.